The lowest BCUT2D eigenvalue weighted by Gasteiger charge is -2.32. The number of alkyl halides is 9. The van der Waals surface area contributed by atoms with Gasteiger partial charge in [-0.25, -0.2) is 4.39 Å². The van der Waals surface area contributed by atoms with Crippen molar-refractivity contribution in [2.24, 2.45) is 0 Å². The van der Waals surface area contributed by atoms with Crippen LogP contribution >= 0.6 is 27.5 Å². The number of nitriles is 1. The molecule has 0 fully saturated rings. The van der Waals surface area contributed by atoms with Crippen molar-refractivity contribution in [3.63, 3.8) is 0 Å². The van der Waals surface area contributed by atoms with Gasteiger partial charge in [0, 0.05) is 15.6 Å². The topological polar surface area (TPSA) is 100 Å². The minimum Gasteiger partial charge on any atom is -0.494 e. The van der Waals surface area contributed by atoms with Crippen molar-refractivity contribution in [1.82, 2.24) is 0 Å². The van der Waals surface area contributed by atoms with Gasteiger partial charge in [0.05, 0.1) is 35.7 Å². The van der Waals surface area contributed by atoms with Gasteiger partial charge in [-0.05, 0) is 76.1 Å². The standard InChI is InChI=1S/C26H15BrClF8N3O4/c1-42-20-15(3-2-4-17(20)38-21(40)13-7-5-12(11-37)6-8-13)22(41)39-19-16(27)9-14(10-18(19)43-23(29)30)24(31,25(28,32)33)26(34,35)36/h2-10,23H,1H3,(H,38,40)(H,39,41). The summed E-state index contributed by atoms with van der Waals surface area (Å²) in [5, 5.41) is 7.86. The predicted molar refractivity (Wildman–Crippen MR) is 140 cm³/mol. The Kier molecular flexibility index (Phi) is 9.82. The molecule has 228 valence electrons. The molecule has 0 aliphatic rings. The van der Waals surface area contributed by atoms with Gasteiger partial charge in [0.1, 0.15) is 0 Å². The maximum Gasteiger partial charge on any atom is 0.434 e. The summed E-state index contributed by atoms with van der Waals surface area (Å²) in [7, 11) is 1.11. The zero-order valence-corrected chi connectivity index (χ0v) is 23.5. The second-order valence-corrected chi connectivity index (χ2v) is 9.68. The molecule has 1 atom stereocenters. The van der Waals surface area contributed by atoms with Crippen LogP contribution in [-0.2, 0) is 5.67 Å². The van der Waals surface area contributed by atoms with Crippen molar-refractivity contribution in [3.8, 4) is 17.6 Å². The number of carbonyl (C=O) groups is 2. The first-order chi connectivity index (χ1) is 19.9. The van der Waals surface area contributed by atoms with E-state index in [-0.39, 0.29) is 40.3 Å². The van der Waals surface area contributed by atoms with Crippen LogP contribution in [-0.4, -0.2) is 37.1 Å². The molecule has 2 N–H and O–H groups in total. The molecular weight excluding hydrogens is 686 g/mol. The van der Waals surface area contributed by atoms with Crippen LogP contribution in [0.2, 0.25) is 0 Å². The molecule has 7 nitrogen and oxygen atoms in total. The van der Waals surface area contributed by atoms with Gasteiger partial charge in [0.2, 0.25) is 0 Å². The minimum atomic E-state index is -6.32. The van der Waals surface area contributed by atoms with Crippen molar-refractivity contribution in [1.29, 1.82) is 5.26 Å². The lowest BCUT2D eigenvalue weighted by molar-refractivity contribution is -0.286. The summed E-state index contributed by atoms with van der Waals surface area (Å²) in [4.78, 5) is 25.9. The van der Waals surface area contributed by atoms with Gasteiger partial charge in [0.25, 0.3) is 11.8 Å². The number of ether oxygens (including phenoxy) is 2. The molecular formula is C26H15BrClF8N3O4. The Morgan fingerprint density at radius 3 is 2.12 bits per heavy atom. The Hall–Kier alpha value is -4.10. The summed E-state index contributed by atoms with van der Waals surface area (Å²) < 4.78 is 117. The monoisotopic (exact) mass is 699 g/mol. The molecule has 43 heavy (non-hydrogen) atoms. The van der Waals surface area contributed by atoms with E-state index >= 15 is 0 Å². The smallest absolute Gasteiger partial charge is 0.434 e. The van der Waals surface area contributed by atoms with Gasteiger partial charge in [-0.1, -0.05) is 6.07 Å². The molecule has 0 aliphatic carbocycles. The van der Waals surface area contributed by atoms with Gasteiger partial charge in [-0.2, -0.15) is 36.0 Å². The second-order valence-electron chi connectivity index (χ2n) is 8.35. The van der Waals surface area contributed by atoms with Gasteiger partial charge >= 0.3 is 23.8 Å². The number of para-hydroxylation sites is 1. The first-order valence-electron chi connectivity index (χ1n) is 11.4. The molecule has 0 aromatic heterocycles. The first-order valence-corrected chi connectivity index (χ1v) is 12.5. The Morgan fingerprint density at radius 2 is 1.60 bits per heavy atom. The highest BCUT2D eigenvalue weighted by Gasteiger charge is 2.72. The van der Waals surface area contributed by atoms with Crippen LogP contribution < -0.4 is 20.1 Å². The SMILES string of the molecule is COc1c(NC(=O)c2ccc(C#N)cc2)cccc1C(=O)Nc1c(Br)cc(C(F)(C(F)(F)F)C(F)(F)Cl)cc1OC(F)F. The Bertz CT molecular complexity index is 1560. The summed E-state index contributed by atoms with van der Waals surface area (Å²) in [5.74, 6) is -3.43. The molecule has 0 saturated carbocycles. The molecule has 3 aromatic carbocycles. The van der Waals surface area contributed by atoms with E-state index in [1.807, 2.05) is 6.07 Å². The molecule has 0 heterocycles. The van der Waals surface area contributed by atoms with E-state index in [1.54, 1.807) is 0 Å². The lowest BCUT2D eigenvalue weighted by Crippen LogP contribution is -2.49. The minimum absolute atomic E-state index is 0.0558. The fourth-order valence-corrected chi connectivity index (χ4v) is 4.44. The van der Waals surface area contributed by atoms with Crippen molar-refractivity contribution in [2.75, 3.05) is 17.7 Å². The van der Waals surface area contributed by atoms with Crippen molar-refractivity contribution >= 4 is 50.7 Å². The van der Waals surface area contributed by atoms with Crippen LogP contribution in [0, 0.1) is 11.3 Å². The van der Waals surface area contributed by atoms with Crippen LogP contribution in [0.25, 0.3) is 0 Å². The number of hydrogen-bond donors (Lipinski definition) is 2. The van der Waals surface area contributed by atoms with Crippen LogP contribution in [0.5, 0.6) is 11.5 Å². The molecule has 3 aromatic rings. The van der Waals surface area contributed by atoms with Crippen molar-refractivity contribution < 1.29 is 54.2 Å². The van der Waals surface area contributed by atoms with Crippen molar-refractivity contribution in [3.05, 3.63) is 81.3 Å². The Morgan fingerprint density at radius 1 is 0.977 bits per heavy atom. The number of anilines is 2. The van der Waals surface area contributed by atoms with E-state index < -0.39 is 57.1 Å². The van der Waals surface area contributed by atoms with Crippen molar-refractivity contribution in [2.45, 2.75) is 23.8 Å². The molecule has 1 unspecified atom stereocenters. The number of amides is 2. The summed E-state index contributed by atoms with van der Waals surface area (Å²) in [6.45, 7) is -3.76. The summed E-state index contributed by atoms with van der Waals surface area (Å²) in [6, 6.07) is 11.2. The normalized spacial score (nSPS) is 13.1. The number of hydrogen-bond acceptors (Lipinski definition) is 5. The van der Waals surface area contributed by atoms with Gasteiger partial charge < -0.3 is 20.1 Å². The highest BCUT2D eigenvalue weighted by Crippen LogP contribution is 2.56. The van der Waals surface area contributed by atoms with E-state index in [9.17, 15) is 44.7 Å². The number of halogens is 10. The maximum absolute atomic E-state index is 14.9. The van der Waals surface area contributed by atoms with Gasteiger partial charge in [-0.15, -0.1) is 0 Å². The van der Waals surface area contributed by atoms with Crippen LogP contribution in [0.4, 0.5) is 46.5 Å². The summed E-state index contributed by atoms with van der Waals surface area (Å²) >= 11 is 7.12. The van der Waals surface area contributed by atoms with Gasteiger partial charge in [-0.3, -0.25) is 9.59 Å². The third-order valence-corrected chi connectivity index (χ3v) is 6.56. The quantitative estimate of drug-likeness (QED) is 0.174. The zero-order valence-electron chi connectivity index (χ0n) is 21.1. The number of carbonyl (C=O) groups excluding carboxylic acids is 2. The molecule has 2 amide bonds. The average Bonchev–Trinajstić information content (AvgIpc) is 2.92. The highest BCUT2D eigenvalue weighted by molar-refractivity contribution is 9.10. The second kappa shape index (κ2) is 12.6. The average molecular weight is 701 g/mol. The number of benzene rings is 3. The molecule has 0 aliphatic heterocycles. The molecule has 0 spiro atoms. The predicted octanol–water partition coefficient (Wildman–Crippen LogP) is 7.99. The number of nitrogens with one attached hydrogen (secondary N) is 2. The fourth-order valence-electron chi connectivity index (χ4n) is 3.68. The number of rotatable bonds is 9. The number of methoxy groups -OCH3 is 1. The summed E-state index contributed by atoms with van der Waals surface area (Å²) in [6.07, 6.45) is -6.32. The largest absolute Gasteiger partial charge is 0.494 e. The molecule has 3 rings (SSSR count). The molecule has 0 radical (unpaired) electrons. The Labute approximate surface area is 250 Å². The number of nitrogens with zero attached hydrogens (tertiary/aromatic N) is 1. The third kappa shape index (κ3) is 6.94. The highest BCUT2D eigenvalue weighted by atomic mass is 79.9. The zero-order chi connectivity index (χ0) is 32.3. The Balaban J connectivity index is 2.03. The maximum atomic E-state index is 14.9. The summed E-state index contributed by atoms with van der Waals surface area (Å²) in [5.41, 5.74) is -8.26. The van der Waals surface area contributed by atoms with E-state index in [4.69, 9.17) is 10.00 Å². The van der Waals surface area contributed by atoms with Crippen LogP contribution in [0.1, 0.15) is 31.8 Å². The van der Waals surface area contributed by atoms with E-state index in [1.165, 1.54) is 36.4 Å². The third-order valence-electron chi connectivity index (χ3n) is 5.68. The van der Waals surface area contributed by atoms with E-state index in [0.717, 1.165) is 13.2 Å². The molecule has 0 bridgehead atoms. The van der Waals surface area contributed by atoms with E-state index in [0.29, 0.717) is 0 Å². The fraction of sp³-hybridized carbons (Fsp3) is 0.192. The first kappa shape index (κ1) is 33.4. The van der Waals surface area contributed by atoms with E-state index in [2.05, 4.69) is 42.9 Å². The van der Waals surface area contributed by atoms with Crippen LogP contribution in [0.3, 0.4) is 0 Å². The molecule has 0 saturated heterocycles. The van der Waals surface area contributed by atoms with Crippen LogP contribution in [0.15, 0.2) is 59.1 Å². The lowest BCUT2D eigenvalue weighted by atomic mass is 9.94. The molecule has 17 heteroatoms. The van der Waals surface area contributed by atoms with Gasteiger partial charge in [0.15, 0.2) is 11.5 Å².